The van der Waals surface area contributed by atoms with Gasteiger partial charge in [-0.05, 0) is 50.6 Å². The van der Waals surface area contributed by atoms with Gasteiger partial charge >= 0.3 is 0 Å². The Labute approximate surface area is 153 Å². The first-order valence-electron chi connectivity index (χ1n) is 8.55. The minimum absolute atomic E-state index is 0.0563. The van der Waals surface area contributed by atoms with Crippen LogP contribution in [0.5, 0.6) is 5.75 Å². The topological polar surface area (TPSA) is 64.4 Å². The zero-order chi connectivity index (χ0) is 18.5. The average Bonchev–Trinajstić information content (AvgIpc) is 2.99. The number of rotatable bonds is 6. The van der Waals surface area contributed by atoms with Crippen LogP contribution in [0.3, 0.4) is 0 Å². The number of hydrogen-bond acceptors (Lipinski definition) is 4. The van der Waals surface area contributed by atoms with Crippen LogP contribution in [0.15, 0.2) is 59.1 Å². The van der Waals surface area contributed by atoms with E-state index in [1.807, 2.05) is 51.1 Å². The van der Waals surface area contributed by atoms with Crippen molar-refractivity contribution in [2.24, 2.45) is 0 Å². The van der Waals surface area contributed by atoms with Gasteiger partial charge in [0.25, 0.3) is 5.91 Å². The molecule has 0 spiro atoms. The van der Waals surface area contributed by atoms with E-state index in [0.29, 0.717) is 17.9 Å². The molecule has 26 heavy (non-hydrogen) atoms. The van der Waals surface area contributed by atoms with Gasteiger partial charge in [-0.15, -0.1) is 0 Å². The molecule has 1 N–H and O–H groups in total. The molecule has 0 saturated heterocycles. The zero-order valence-corrected chi connectivity index (χ0v) is 15.2. The molecule has 0 aliphatic carbocycles. The van der Waals surface area contributed by atoms with Crippen LogP contribution in [0.25, 0.3) is 0 Å². The van der Waals surface area contributed by atoms with E-state index < -0.39 is 0 Å². The van der Waals surface area contributed by atoms with E-state index >= 15 is 0 Å². The second kappa shape index (κ2) is 7.87. The molecule has 0 fully saturated rings. The normalized spacial score (nSPS) is 11.8. The van der Waals surface area contributed by atoms with Gasteiger partial charge in [-0.25, -0.2) is 0 Å². The standard InChI is InChI=1S/C21H22N2O3/c1-14(17-7-5-4-6-8-17)22-21(24)18-9-11-19(12-10-18)25-13-20-15(2)23-26-16(20)3/h4-12,14H,13H2,1-3H3,(H,22,24). The number of amides is 1. The van der Waals surface area contributed by atoms with Gasteiger partial charge in [0.15, 0.2) is 0 Å². The van der Waals surface area contributed by atoms with Gasteiger partial charge in [-0.1, -0.05) is 35.5 Å². The van der Waals surface area contributed by atoms with Crippen molar-refractivity contribution >= 4 is 5.91 Å². The minimum atomic E-state index is -0.112. The third kappa shape index (κ3) is 4.11. The maximum atomic E-state index is 12.4. The van der Waals surface area contributed by atoms with Crippen LogP contribution in [0, 0.1) is 13.8 Å². The molecule has 3 aromatic rings. The Bertz CT molecular complexity index is 851. The van der Waals surface area contributed by atoms with E-state index in [9.17, 15) is 4.79 Å². The van der Waals surface area contributed by atoms with Crippen LogP contribution < -0.4 is 10.1 Å². The third-order valence-electron chi connectivity index (χ3n) is 4.33. The number of aryl methyl sites for hydroxylation is 2. The molecule has 1 aromatic heterocycles. The predicted molar refractivity (Wildman–Crippen MR) is 99.1 cm³/mol. The molecule has 1 amide bonds. The fourth-order valence-corrected chi connectivity index (χ4v) is 2.67. The van der Waals surface area contributed by atoms with Gasteiger partial charge in [-0.3, -0.25) is 4.79 Å². The number of ether oxygens (including phenoxy) is 1. The Hall–Kier alpha value is -3.08. The molecule has 1 atom stereocenters. The lowest BCUT2D eigenvalue weighted by atomic mass is 10.1. The molecule has 0 radical (unpaired) electrons. The van der Waals surface area contributed by atoms with Crippen LogP contribution in [0.4, 0.5) is 0 Å². The first-order valence-corrected chi connectivity index (χ1v) is 8.55. The van der Waals surface area contributed by atoms with Crippen molar-refractivity contribution in [2.45, 2.75) is 33.4 Å². The van der Waals surface area contributed by atoms with E-state index in [1.165, 1.54) is 0 Å². The molecule has 0 saturated carbocycles. The average molecular weight is 350 g/mol. The second-order valence-corrected chi connectivity index (χ2v) is 6.22. The highest BCUT2D eigenvalue weighted by molar-refractivity contribution is 5.94. The largest absolute Gasteiger partial charge is 0.489 e. The first-order chi connectivity index (χ1) is 12.5. The highest BCUT2D eigenvalue weighted by Gasteiger charge is 2.12. The summed E-state index contributed by atoms with van der Waals surface area (Å²) in [7, 11) is 0. The lowest BCUT2D eigenvalue weighted by Gasteiger charge is -2.14. The lowest BCUT2D eigenvalue weighted by molar-refractivity contribution is 0.0940. The molecular formula is C21H22N2O3. The van der Waals surface area contributed by atoms with Crippen molar-refractivity contribution in [3.8, 4) is 5.75 Å². The Balaban J connectivity index is 1.59. The lowest BCUT2D eigenvalue weighted by Crippen LogP contribution is -2.26. The summed E-state index contributed by atoms with van der Waals surface area (Å²) in [4.78, 5) is 12.4. The molecule has 1 heterocycles. The van der Waals surface area contributed by atoms with Crippen molar-refractivity contribution in [3.63, 3.8) is 0 Å². The van der Waals surface area contributed by atoms with Crippen molar-refractivity contribution in [1.82, 2.24) is 10.5 Å². The summed E-state index contributed by atoms with van der Waals surface area (Å²) in [5.74, 6) is 1.34. The number of hydrogen-bond donors (Lipinski definition) is 1. The fourth-order valence-electron chi connectivity index (χ4n) is 2.67. The number of nitrogens with zero attached hydrogens (tertiary/aromatic N) is 1. The summed E-state index contributed by atoms with van der Waals surface area (Å²) in [6, 6.07) is 16.9. The van der Waals surface area contributed by atoms with Gasteiger partial charge in [0.1, 0.15) is 18.1 Å². The van der Waals surface area contributed by atoms with Gasteiger partial charge in [0.05, 0.1) is 17.3 Å². The third-order valence-corrected chi connectivity index (χ3v) is 4.33. The quantitative estimate of drug-likeness (QED) is 0.717. The van der Waals surface area contributed by atoms with Crippen LogP contribution >= 0.6 is 0 Å². The number of aromatic nitrogens is 1. The molecule has 2 aromatic carbocycles. The number of nitrogens with one attached hydrogen (secondary N) is 1. The van der Waals surface area contributed by atoms with Crippen molar-refractivity contribution < 1.29 is 14.1 Å². The van der Waals surface area contributed by atoms with Crippen molar-refractivity contribution in [3.05, 3.63) is 82.7 Å². The Morgan fingerprint density at radius 1 is 1.12 bits per heavy atom. The van der Waals surface area contributed by atoms with Crippen LogP contribution in [0.2, 0.25) is 0 Å². The van der Waals surface area contributed by atoms with Crippen LogP contribution in [-0.4, -0.2) is 11.1 Å². The van der Waals surface area contributed by atoms with E-state index in [2.05, 4.69) is 10.5 Å². The summed E-state index contributed by atoms with van der Waals surface area (Å²) >= 11 is 0. The number of carbonyl (C=O) groups excluding carboxylic acids is 1. The van der Waals surface area contributed by atoms with Crippen LogP contribution in [0.1, 0.15) is 45.9 Å². The monoisotopic (exact) mass is 350 g/mol. The summed E-state index contributed by atoms with van der Waals surface area (Å²) < 4.78 is 10.9. The maximum Gasteiger partial charge on any atom is 0.251 e. The SMILES string of the molecule is Cc1noc(C)c1COc1ccc(C(=O)NC(C)c2ccccc2)cc1. The molecule has 0 bridgehead atoms. The maximum absolute atomic E-state index is 12.4. The Kier molecular flexibility index (Phi) is 5.37. The molecule has 1 unspecified atom stereocenters. The molecular weight excluding hydrogens is 328 g/mol. The summed E-state index contributed by atoms with van der Waals surface area (Å²) in [5.41, 5.74) is 3.44. The van der Waals surface area contributed by atoms with E-state index in [4.69, 9.17) is 9.26 Å². The summed E-state index contributed by atoms with van der Waals surface area (Å²) in [6.45, 7) is 6.10. The van der Waals surface area contributed by atoms with Crippen molar-refractivity contribution in [1.29, 1.82) is 0 Å². The minimum Gasteiger partial charge on any atom is -0.489 e. The van der Waals surface area contributed by atoms with Crippen LogP contribution in [-0.2, 0) is 6.61 Å². The number of carbonyl (C=O) groups is 1. The van der Waals surface area contributed by atoms with E-state index in [0.717, 1.165) is 22.6 Å². The summed E-state index contributed by atoms with van der Waals surface area (Å²) in [6.07, 6.45) is 0. The fraction of sp³-hybridized carbons (Fsp3) is 0.238. The second-order valence-electron chi connectivity index (χ2n) is 6.22. The van der Waals surface area contributed by atoms with Gasteiger partial charge in [-0.2, -0.15) is 0 Å². The Morgan fingerprint density at radius 2 is 1.81 bits per heavy atom. The highest BCUT2D eigenvalue weighted by Crippen LogP contribution is 2.18. The molecule has 5 nitrogen and oxygen atoms in total. The van der Waals surface area contributed by atoms with Gasteiger partial charge in [0.2, 0.25) is 0 Å². The molecule has 0 aliphatic heterocycles. The molecule has 0 aliphatic rings. The Morgan fingerprint density at radius 3 is 2.42 bits per heavy atom. The summed E-state index contributed by atoms with van der Waals surface area (Å²) in [5, 5.41) is 6.91. The van der Waals surface area contributed by atoms with Gasteiger partial charge in [0, 0.05) is 5.56 Å². The zero-order valence-electron chi connectivity index (χ0n) is 15.2. The molecule has 3 rings (SSSR count). The van der Waals surface area contributed by atoms with E-state index in [-0.39, 0.29) is 11.9 Å². The van der Waals surface area contributed by atoms with Crippen molar-refractivity contribution in [2.75, 3.05) is 0 Å². The molecule has 5 heteroatoms. The molecule has 134 valence electrons. The highest BCUT2D eigenvalue weighted by atomic mass is 16.5. The van der Waals surface area contributed by atoms with Gasteiger partial charge < -0.3 is 14.6 Å². The predicted octanol–water partition coefficient (Wildman–Crippen LogP) is 4.36. The first kappa shape index (κ1) is 17.7. The smallest absolute Gasteiger partial charge is 0.251 e. The van der Waals surface area contributed by atoms with E-state index in [1.54, 1.807) is 24.3 Å². The number of benzene rings is 2.